The summed E-state index contributed by atoms with van der Waals surface area (Å²) in [4.78, 5) is 29.7. The summed E-state index contributed by atoms with van der Waals surface area (Å²) in [6.07, 6.45) is 9.22. The van der Waals surface area contributed by atoms with E-state index >= 15 is 0 Å². The fourth-order valence-corrected chi connectivity index (χ4v) is 4.27. The molecule has 26 heavy (non-hydrogen) atoms. The van der Waals surface area contributed by atoms with E-state index in [0.717, 1.165) is 42.3 Å². The highest BCUT2D eigenvalue weighted by Gasteiger charge is 2.41. The smallest absolute Gasteiger partial charge is 0.251 e. The van der Waals surface area contributed by atoms with Gasteiger partial charge in [-0.2, -0.15) is 0 Å². The normalized spacial score (nSPS) is 20.8. The molecule has 0 unspecified atom stereocenters. The number of carbonyl (C=O) groups is 1. The number of likely N-dealkylation sites (N-methyl/N-ethyl adjacent to an activating group) is 1. The van der Waals surface area contributed by atoms with E-state index in [2.05, 4.69) is 26.4 Å². The highest BCUT2D eigenvalue weighted by molar-refractivity contribution is 6.04. The Morgan fingerprint density at radius 2 is 2.08 bits per heavy atom. The summed E-state index contributed by atoms with van der Waals surface area (Å²) < 4.78 is 2.05. The minimum absolute atomic E-state index is 0.139. The van der Waals surface area contributed by atoms with Gasteiger partial charge in [0, 0.05) is 20.0 Å². The number of imidazole rings is 1. The van der Waals surface area contributed by atoms with Gasteiger partial charge in [0.2, 0.25) is 17.4 Å². The molecule has 1 amide bonds. The van der Waals surface area contributed by atoms with Crippen LogP contribution in [0.4, 0.5) is 11.5 Å². The molecule has 7 heteroatoms. The lowest BCUT2D eigenvalue weighted by atomic mass is 10.0. The van der Waals surface area contributed by atoms with E-state index in [9.17, 15) is 4.79 Å². The number of nitrogens with zero attached hydrogens (tertiary/aromatic N) is 5. The standard InChI is InChI=1S/C19H26N6O/c1-5-14-19(26)24(4)16-11-21-17(15-10-20-12(2)23(15)3)22-18(16)25(14)13-8-6-7-9-13/h10-11,13-14H,5-9H2,1-4H3/p+1/t14-/m1/s1. The van der Waals surface area contributed by atoms with E-state index in [-0.39, 0.29) is 11.9 Å². The summed E-state index contributed by atoms with van der Waals surface area (Å²) in [5.74, 6) is 2.78. The van der Waals surface area contributed by atoms with Gasteiger partial charge < -0.3 is 9.80 Å². The van der Waals surface area contributed by atoms with Gasteiger partial charge in [-0.1, -0.05) is 19.8 Å². The molecular formula is C19H27N6O+. The molecule has 4 rings (SSSR count). The fourth-order valence-electron chi connectivity index (χ4n) is 4.27. The number of carbonyl (C=O) groups excluding carboxylic acids is 1. The van der Waals surface area contributed by atoms with Gasteiger partial charge in [-0.15, -0.1) is 0 Å². The maximum absolute atomic E-state index is 12.9. The van der Waals surface area contributed by atoms with Crippen molar-refractivity contribution in [2.45, 2.75) is 58.0 Å². The summed E-state index contributed by atoms with van der Waals surface area (Å²) in [6, 6.07) is 0.251. The molecule has 0 radical (unpaired) electrons. The number of rotatable bonds is 3. The first kappa shape index (κ1) is 17.0. The highest BCUT2D eigenvalue weighted by atomic mass is 16.2. The second-order valence-electron chi connectivity index (χ2n) is 7.39. The van der Waals surface area contributed by atoms with Gasteiger partial charge in [-0.3, -0.25) is 4.79 Å². The molecule has 1 fully saturated rings. The Morgan fingerprint density at radius 3 is 2.69 bits per heavy atom. The number of aromatic amines is 1. The van der Waals surface area contributed by atoms with Crippen molar-refractivity contribution >= 4 is 17.4 Å². The first-order valence-corrected chi connectivity index (χ1v) is 9.50. The molecule has 2 aromatic heterocycles. The molecule has 3 heterocycles. The Morgan fingerprint density at radius 1 is 1.35 bits per heavy atom. The largest absolute Gasteiger partial charge is 0.340 e. The van der Waals surface area contributed by atoms with Crippen LogP contribution in [0.1, 0.15) is 44.9 Å². The minimum atomic E-state index is -0.139. The van der Waals surface area contributed by atoms with Crippen LogP contribution in [-0.4, -0.2) is 40.0 Å². The maximum Gasteiger partial charge on any atom is 0.251 e. The van der Waals surface area contributed by atoms with E-state index in [1.165, 1.54) is 12.8 Å². The number of hydrogen-bond donors (Lipinski definition) is 1. The summed E-state index contributed by atoms with van der Waals surface area (Å²) in [6.45, 7) is 4.10. The van der Waals surface area contributed by atoms with Gasteiger partial charge in [0.25, 0.3) is 5.82 Å². The number of aromatic nitrogens is 4. The monoisotopic (exact) mass is 355 g/mol. The predicted octanol–water partition coefficient (Wildman–Crippen LogP) is 2.11. The second kappa shape index (κ2) is 6.37. The number of H-pyrrole nitrogens is 1. The number of hydrogen-bond acceptors (Lipinski definition) is 4. The second-order valence-corrected chi connectivity index (χ2v) is 7.39. The van der Waals surface area contributed by atoms with Crippen molar-refractivity contribution in [2.75, 3.05) is 16.8 Å². The fraction of sp³-hybridized carbons (Fsp3) is 0.579. The summed E-state index contributed by atoms with van der Waals surface area (Å²) in [5, 5.41) is 0. The topological polar surface area (TPSA) is 69.0 Å². The van der Waals surface area contributed by atoms with Crippen LogP contribution in [0.3, 0.4) is 0 Å². The van der Waals surface area contributed by atoms with Crippen LogP contribution < -0.4 is 14.4 Å². The third kappa shape index (κ3) is 2.48. The predicted molar refractivity (Wildman–Crippen MR) is 100.0 cm³/mol. The first-order chi connectivity index (χ1) is 12.5. The van der Waals surface area contributed by atoms with Crippen LogP contribution in [-0.2, 0) is 11.8 Å². The van der Waals surface area contributed by atoms with Crippen molar-refractivity contribution in [1.82, 2.24) is 15.0 Å². The molecular weight excluding hydrogens is 328 g/mol. The zero-order valence-electron chi connectivity index (χ0n) is 16.0. The van der Waals surface area contributed by atoms with Gasteiger partial charge >= 0.3 is 0 Å². The molecule has 0 saturated heterocycles. The van der Waals surface area contributed by atoms with Gasteiger partial charge in [-0.05, 0) is 19.3 Å². The van der Waals surface area contributed by atoms with Gasteiger partial charge in [0.05, 0.1) is 13.2 Å². The number of nitrogens with one attached hydrogen (secondary N) is 1. The molecule has 1 N–H and O–H groups in total. The van der Waals surface area contributed by atoms with E-state index in [0.29, 0.717) is 11.9 Å². The van der Waals surface area contributed by atoms with Crippen LogP contribution in [0, 0.1) is 6.92 Å². The zero-order valence-corrected chi connectivity index (χ0v) is 16.0. The van der Waals surface area contributed by atoms with Crippen molar-refractivity contribution in [3.8, 4) is 11.5 Å². The Kier molecular flexibility index (Phi) is 4.17. The molecule has 0 bridgehead atoms. The molecule has 2 aliphatic rings. The van der Waals surface area contributed by atoms with Crippen LogP contribution in [0.2, 0.25) is 0 Å². The van der Waals surface area contributed by atoms with Crippen LogP contribution in [0.25, 0.3) is 11.5 Å². The molecule has 0 aromatic carbocycles. The molecule has 2 aromatic rings. The van der Waals surface area contributed by atoms with Gasteiger partial charge in [0.15, 0.2) is 5.82 Å². The quantitative estimate of drug-likeness (QED) is 0.856. The van der Waals surface area contributed by atoms with Crippen molar-refractivity contribution in [3.63, 3.8) is 0 Å². The summed E-state index contributed by atoms with van der Waals surface area (Å²) >= 11 is 0. The third-order valence-electron chi connectivity index (χ3n) is 5.92. The van der Waals surface area contributed by atoms with E-state index in [1.54, 1.807) is 11.1 Å². The SMILES string of the molecule is CC[C@@H]1C(=O)N(C)c2cnc(-c3c[nH]c(C)[n+]3C)nc2N1C1CCCC1. The lowest BCUT2D eigenvalue weighted by Crippen LogP contribution is -2.55. The number of aryl methyl sites for hydroxylation is 1. The first-order valence-electron chi connectivity index (χ1n) is 9.50. The van der Waals surface area contributed by atoms with E-state index < -0.39 is 0 Å². The zero-order chi connectivity index (χ0) is 18.4. The molecule has 1 aliphatic carbocycles. The number of anilines is 2. The molecule has 138 valence electrons. The highest BCUT2D eigenvalue weighted by Crippen LogP contribution is 2.39. The van der Waals surface area contributed by atoms with Crippen molar-refractivity contribution < 1.29 is 9.36 Å². The summed E-state index contributed by atoms with van der Waals surface area (Å²) in [7, 11) is 3.84. The average Bonchev–Trinajstić information content (AvgIpc) is 3.28. The van der Waals surface area contributed by atoms with Crippen molar-refractivity contribution in [1.29, 1.82) is 0 Å². The maximum atomic E-state index is 12.9. The molecule has 1 saturated carbocycles. The van der Waals surface area contributed by atoms with Crippen LogP contribution in [0.5, 0.6) is 0 Å². The van der Waals surface area contributed by atoms with E-state index in [4.69, 9.17) is 4.98 Å². The van der Waals surface area contributed by atoms with Crippen molar-refractivity contribution in [2.24, 2.45) is 7.05 Å². The molecule has 7 nitrogen and oxygen atoms in total. The molecule has 0 spiro atoms. The molecule has 1 aliphatic heterocycles. The minimum Gasteiger partial charge on any atom is -0.340 e. The van der Waals surface area contributed by atoms with Crippen molar-refractivity contribution in [3.05, 3.63) is 18.2 Å². The Balaban J connectivity index is 1.86. The molecule has 1 atom stereocenters. The number of amides is 1. The van der Waals surface area contributed by atoms with Gasteiger partial charge in [-0.25, -0.2) is 19.5 Å². The Labute approximate surface area is 154 Å². The van der Waals surface area contributed by atoms with E-state index in [1.807, 2.05) is 27.2 Å². The Hall–Kier alpha value is -2.44. The average molecular weight is 355 g/mol. The Bertz CT molecular complexity index is 839. The third-order valence-corrected chi connectivity index (χ3v) is 5.92. The summed E-state index contributed by atoms with van der Waals surface area (Å²) in [5.41, 5.74) is 1.76. The lowest BCUT2D eigenvalue weighted by molar-refractivity contribution is -0.665. The van der Waals surface area contributed by atoms with Crippen LogP contribution in [0.15, 0.2) is 12.4 Å². The van der Waals surface area contributed by atoms with Crippen LogP contribution >= 0.6 is 0 Å². The number of fused-ring (bicyclic) bond motifs is 1. The lowest BCUT2D eigenvalue weighted by Gasteiger charge is -2.43. The van der Waals surface area contributed by atoms with Gasteiger partial charge in [0.1, 0.15) is 17.9 Å².